The van der Waals surface area contributed by atoms with Gasteiger partial charge in [0.25, 0.3) is 0 Å². The van der Waals surface area contributed by atoms with Crippen molar-refractivity contribution in [2.75, 3.05) is 19.0 Å². The molecule has 0 aliphatic rings. The first-order chi connectivity index (χ1) is 9.23. The van der Waals surface area contributed by atoms with Gasteiger partial charge in [-0.05, 0) is 19.1 Å². The predicted molar refractivity (Wildman–Crippen MR) is 65.1 cm³/mol. The van der Waals surface area contributed by atoms with Gasteiger partial charge in [-0.3, -0.25) is 4.79 Å². The van der Waals surface area contributed by atoms with E-state index in [2.05, 4.69) is 5.32 Å². The zero-order valence-electron chi connectivity index (χ0n) is 10.8. The summed E-state index contributed by atoms with van der Waals surface area (Å²) < 4.78 is 53.8. The summed E-state index contributed by atoms with van der Waals surface area (Å²) in [6, 6.07) is 2.65. The molecule has 0 bridgehead atoms. The monoisotopic (exact) mass is 294 g/mol. The number of carbonyl (C=O) groups excluding carboxylic acids is 1. The van der Waals surface area contributed by atoms with Gasteiger partial charge in [-0.1, -0.05) is 0 Å². The number of ether oxygens (including phenoxy) is 1. The molecular formula is C12H14F4N2O2. The highest BCUT2D eigenvalue weighted by atomic mass is 19.4. The standard InChI is InChI=1S/C12H14F4N2O2/c1-7(11(19)17-6-12(14,15)16)18-9-4-3-8(13)5-10(9)20-2/h3-5,7,18H,6H2,1-2H3,(H,17,19). The van der Waals surface area contributed by atoms with E-state index >= 15 is 0 Å². The second kappa shape index (κ2) is 6.44. The highest BCUT2D eigenvalue weighted by Crippen LogP contribution is 2.25. The average Bonchev–Trinajstić information content (AvgIpc) is 2.36. The third kappa shape index (κ3) is 4.94. The largest absolute Gasteiger partial charge is 0.494 e. The Morgan fingerprint density at radius 1 is 1.40 bits per heavy atom. The first-order valence-electron chi connectivity index (χ1n) is 5.67. The van der Waals surface area contributed by atoms with Gasteiger partial charge in [0, 0.05) is 6.07 Å². The Hall–Kier alpha value is -1.99. The number of benzene rings is 1. The Morgan fingerprint density at radius 2 is 2.05 bits per heavy atom. The van der Waals surface area contributed by atoms with E-state index in [1.54, 1.807) is 5.32 Å². The van der Waals surface area contributed by atoms with E-state index in [4.69, 9.17) is 4.74 Å². The van der Waals surface area contributed by atoms with Crippen molar-refractivity contribution in [3.05, 3.63) is 24.0 Å². The van der Waals surface area contributed by atoms with E-state index in [9.17, 15) is 22.4 Å². The molecule has 8 heteroatoms. The average molecular weight is 294 g/mol. The van der Waals surface area contributed by atoms with E-state index in [1.165, 1.54) is 20.1 Å². The molecule has 20 heavy (non-hydrogen) atoms. The molecule has 1 amide bonds. The quantitative estimate of drug-likeness (QED) is 0.819. The topological polar surface area (TPSA) is 50.4 Å². The maximum absolute atomic E-state index is 13.0. The van der Waals surface area contributed by atoms with Crippen molar-refractivity contribution in [1.82, 2.24) is 5.32 Å². The molecule has 1 rings (SSSR count). The summed E-state index contributed by atoms with van der Waals surface area (Å²) >= 11 is 0. The fourth-order valence-corrected chi connectivity index (χ4v) is 1.42. The summed E-state index contributed by atoms with van der Waals surface area (Å²) in [5, 5.41) is 4.40. The molecule has 1 unspecified atom stereocenters. The smallest absolute Gasteiger partial charge is 0.405 e. The van der Waals surface area contributed by atoms with Crippen LogP contribution in [0.2, 0.25) is 0 Å². The Labute approximate surface area is 113 Å². The third-order valence-electron chi connectivity index (χ3n) is 2.39. The van der Waals surface area contributed by atoms with Crippen molar-refractivity contribution in [2.24, 2.45) is 0 Å². The molecule has 0 radical (unpaired) electrons. The van der Waals surface area contributed by atoms with Crippen LogP contribution in [0.15, 0.2) is 18.2 Å². The molecule has 1 aromatic carbocycles. The van der Waals surface area contributed by atoms with Crippen LogP contribution < -0.4 is 15.4 Å². The summed E-state index contributed by atoms with van der Waals surface area (Å²) in [6.07, 6.45) is -4.47. The second-order valence-corrected chi connectivity index (χ2v) is 4.04. The molecule has 0 fully saturated rings. The summed E-state index contributed by atoms with van der Waals surface area (Å²) in [4.78, 5) is 11.5. The van der Waals surface area contributed by atoms with Crippen LogP contribution in [0.1, 0.15) is 6.92 Å². The van der Waals surface area contributed by atoms with Crippen molar-refractivity contribution in [3.8, 4) is 5.75 Å². The minimum atomic E-state index is -4.47. The predicted octanol–water partition coefficient (Wildman–Crippen LogP) is 2.31. The Bertz CT molecular complexity index is 477. The summed E-state index contributed by atoms with van der Waals surface area (Å²) in [5.74, 6) is -1.20. The lowest BCUT2D eigenvalue weighted by Crippen LogP contribution is -2.42. The lowest BCUT2D eigenvalue weighted by atomic mass is 10.2. The van der Waals surface area contributed by atoms with Crippen LogP contribution in [0.4, 0.5) is 23.2 Å². The molecule has 0 saturated carbocycles. The number of anilines is 1. The van der Waals surface area contributed by atoms with Crippen LogP contribution in [0.3, 0.4) is 0 Å². The summed E-state index contributed by atoms with van der Waals surface area (Å²) in [7, 11) is 1.31. The van der Waals surface area contributed by atoms with Crippen LogP contribution in [-0.2, 0) is 4.79 Å². The molecule has 0 spiro atoms. The number of amides is 1. The zero-order chi connectivity index (χ0) is 15.3. The first-order valence-corrected chi connectivity index (χ1v) is 5.67. The third-order valence-corrected chi connectivity index (χ3v) is 2.39. The molecule has 1 aromatic rings. The van der Waals surface area contributed by atoms with Crippen LogP contribution in [0, 0.1) is 5.82 Å². The molecular weight excluding hydrogens is 280 g/mol. The Kier molecular flexibility index (Phi) is 5.18. The Balaban J connectivity index is 2.66. The maximum atomic E-state index is 13.0. The van der Waals surface area contributed by atoms with Gasteiger partial charge in [0.05, 0.1) is 12.8 Å². The number of carbonyl (C=O) groups is 1. The van der Waals surface area contributed by atoms with E-state index in [1.807, 2.05) is 0 Å². The normalized spacial score (nSPS) is 12.7. The Morgan fingerprint density at radius 3 is 2.60 bits per heavy atom. The molecule has 0 aliphatic carbocycles. The van der Waals surface area contributed by atoms with Crippen molar-refractivity contribution < 1.29 is 27.1 Å². The summed E-state index contributed by atoms with van der Waals surface area (Å²) in [5.41, 5.74) is 0.309. The number of hydrogen-bond acceptors (Lipinski definition) is 3. The number of hydrogen-bond donors (Lipinski definition) is 2. The van der Waals surface area contributed by atoms with Gasteiger partial charge in [0.1, 0.15) is 24.2 Å². The molecule has 2 N–H and O–H groups in total. The highest BCUT2D eigenvalue weighted by molar-refractivity contribution is 5.84. The molecule has 0 aromatic heterocycles. The SMILES string of the molecule is COc1cc(F)ccc1NC(C)C(=O)NCC(F)(F)F. The van der Waals surface area contributed by atoms with Crippen molar-refractivity contribution in [2.45, 2.75) is 19.1 Å². The van der Waals surface area contributed by atoms with Gasteiger partial charge in [-0.25, -0.2) is 4.39 Å². The lowest BCUT2D eigenvalue weighted by Gasteiger charge is -2.17. The van der Waals surface area contributed by atoms with Crippen LogP contribution in [-0.4, -0.2) is 31.8 Å². The minimum Gasteiger partial charge on any atom is -0.494 e. The van der Waals surface area contributed by atoms with E-state index in [-0.39, 0.29) is 5.75 Å². The zero-order valence-corrected chi connectivity index (χ0v) is 10.8. The van der Waals surface area contributed by atoms with Crippen LogP contribution in [0.25, 0.3) is 0 Å². The number of nitrogens with one attached hydrogen (secondary N) is 2. The van der Waals surface area contributed by atoms with Crippen molar-refractivity contribution in [3.63, 3.8) is 0 Å². The molecule has 112 valence electrons. The van der Waals surface area contributed by atoms with Crippen molar-refractivity contribution in [1.29, 1.82) is 0 Å². The van der Waals surface area contributed by atoms with Gasteiger partial charge < -0.3 is 15.4 Å². The summed E-state index contributed by atoms with van der Waals surface area (Å²) in [6.45, 7) is -0.0209. The fourth-order valence-electron chi connectivity index (χ4n) is 1.42. The van der Waals surface area contributed by atoms with E-state index < -0.39 is 30.5 Å². The number of halogens is 4. The first kappa shape index (κ1) is 16.1. The number of methoxy groups -OCH3 is 1. The van der Waals surface area contributed by atoms with Gasteiger partial charge in [0.15, 0.2) is 0 Å². The maximum Gasteiger partial charge on any atom is 0.405 e. The number of alkyl halides is 3. The van der Waals surface area contributed by atoms with E-state index in [0.717, 1.165) is 12.1 Å². The second-order valence-electron chi connectivity index (χ2n) is 4.04. The molecule has 0 aliphatic heterocycles. The van der Waals surface area contributed by atoms with Crippen molar-refractivity contribution >= 4 is 11.6 Å². The molecule has 0 saturated heterocycles. The lowest BCUT2D eigenvalue weighted by molar-refractivity contribution is -0.138. The van der Waals surface area contributed by atoms with Crippen LogP contribution >= 0.6 is 0 Å². The van der Waals surface area contributed by atoms with Gasteiger partial charge in [-0.15, -0.1) is 0 Å². The van der Waals surface area contributed by atoms with Gasteiger partial charge in [-0.2, -0.15) is 13.2 Å². The van der Waals surface area contributed by atoms with Gasteiger partial charge >= 0.3 is 6.18 Å². The molecule has 1 atom stereocenters. The highest BCUT2D eigenvalue weighted by Gasteiger charge is 2.28. The molecule has 4 nitrogen and oxygen atoms in total. The molecule has 0 heterocycles. The fraction of sp³-hybridized carbons (Fsp3) is 0.417. The van der Waals surface area contributed by atoms with Crippen LogP contribution in [0.5, 0.6) is 5.75 Å². The van der Waals surface area contributed by atoms with Gasteiger partial charge in [0.2, 0.25) is 5.91 Å². The van der Waals surface area contributed by atoms with E-state index in [0.29, 0.717) is 5.69 Å². The number of rotatable bonds is 5. The minimum absolute atomic E-state index is 0.153.